The Bertz CT molecular complexity index is 5460. The zero-order valence-electron chi connectivity index (χ0n) is 53.8. The number of furan rings is 2. The number of aromatic nitrogens is 8. The zero-order valence-corrected chi connectivity index (χ0v) is 61.2. The summed E-state index contributed by atoms with van der Waals surface area (Å²) in [7, 11) is 5.69. The van der Waals surface area contributed by atoms with Gasteiger partial charge < -0.3 is 47.5 Å². The maximum Gasteiger partial charge on any atom is 0.490 e. The number of benzene rings is 6. The normalized spacial score (nSPS) is 10.6. The molecular formula is C74H60BBrCl2F2I2N10O7. The molecule has 16 aromatic rings. The van der Waals surface area contributed by atoms with Crippen LogP contribution in [0.5, 0.6) is 0 Å². The van der Waals surface area contributed by atoms with E-state index in [2.05, 4.69) is 118 Å². The van der Waals surface area contributed by atoms with Crippen LogP contribution < -0.4 is 11.0 Å². The molecule has 500 valence electrons. The Morgan fingerprint density at radius 1 is 0.596 bits per heavy atom. The maximum atomic E-state index is 12.7. The Morgan fingerprint density at radius 2 is 1.19 bits per heavy atom. The number of nitrogens with zero attached hydrogens (tertiary/aromatic N) is 7. The number of pyridine rings is 4. The zero-order chi connectivity index (χ0) is 70.9. The van der Waals surface area contributed by atoms with Crippen LogP contribution in [0.3, 0.4) is 0 Å². The molecule has 5 N–H and O–H groups in total. The van der Waals surface area contributed by atoms with E-state index in [1.165, 1.54) is 44.8 Å². The second kappa shape index (κ2) is 35.0. The minimum atomic E-state index is -1.44. The van der Waals surface area contributed by atoms with E-state index in [4.69, 9.17) is 64.7 Å². The van der Waals surface area contributed by atoms with Crippen LogP contribution in [0.2, 0.25) is 10.0 Å². The van der Waals surface area contributed by atoms with Crippen molar-refractivity contribution in [3.8, 4) is 0 Å². The summed E-state index contributed by atoms with van der Waals surface area (Å²) in [5.74, 6) is -0.445. The van der Waals surface area contributed by atoms with Gasteiger partial charge in [0.15, 0.2) is 11.4 Å². The van der Waals surface area contributed by atoms with Crippen molar-refractivity contribution >= 4 is 196 Å². The van der Waals surface area contributed by atoms with E-state index in [9.17, 15) is 13.6 Å². The molecule has 17 nitrogen and oxygen atoms in total. The fourth-order valence-electron chi connectivity index (χ4n) is 10.2. The van der Waals surface area contributed by atoms with Gasteiger partial charge in [-0.15, -0.1) is 0 Å². The molecule has 0 saturated heterocycles. The van der Waals surface area contributed by atoms with Gasteiger partial charge in [0, 0.05) is 142 Å². The maximum absolute atomic E-state index is 12.7. The number of fused-ring (bicyclic) bond motifs is 8. The largest absolute Gasteiger partial charge is 0.490 e. The third-order valence-corrected chi connectivity index (χ3v) is 17.5. The second-order valence-electron chi connectivity index (χ2n) is 21.8. The lowest BCUT2D eigenvalue weighted by molar-refractivity contribution is 0.186. The van der Waals surface area contributed by atoms with Gasteiger partial charge in [0.1, 0.15) is 16.2 Å². The number of hydrogen-bond donors (Lipinski definition) is 5. The summed E-state index contributed by atoms with van der Waals surface area (Å²) in [4.78, 5) is 39.3. The minimum Gasteiger partial charge on any atom is -0.448 e. The Hall–Kier alpha value is -9.26. The summed E-state index contributed by atoms with van der Waals surface area (Å²) in [5.41, 5.74) is 12.7. The van der Waals surface area contributed by atoms with Crippen LogP contribution >= 0.6 is 84.3 Å². The highest BCUT2D eigenvalue weighted by molar-refractivity contribution is 14.1. The predicted octanol–water partition coefficient (Wildman–Crippen LogP) is 19.4. The summed E-state index contributed by atoms with van der Waals surface area (Å²) in [6.07, 6.45) is 10.8. The van der Waals surface area contributed by atoms with Crippen LogP contribution in [-0.4, -0.2) is 70.4 Å². The molecule has 99 heavy (non-hydrogen) atoms. The minimum absolute atomic E-state index is 0.172. The van der Waals surface area contributed by atoms with E-state index in [0.29, 0.717) is 46.5 Å². The second-order valence-corrected chi connectivity index (χ2v) is 25.8. The first-order chi connectivity index (χ1) is 47.6. The van der Waals surface area contributed by atoms with Gasteiger partial charge in [0.25, 0.3) is 5.56 Å². The van der Waals surface area contributed by atoms with Gasteiger partial charge in [-0.05, 0) is 218 Å². The number of nitrogens with one attached hydrogen (secondary N) is 3. The summed E-state index contributed by atoms with van der Waals surface area (Å²) in [6.45, 7) is 18.5. The average Bonchev–Trinajstić information content (AvgIpc) is 1.64. The number of H-pyrrole nitrogens is 3. The third-order valence-electron chi connectivity index (χ3n) is 14.8. The highest BCUT2D eigenvalue weighted by atomic mass is 127. The van der Waals surface area contributed by atoms with Crippen LogP contribution in [0.4, 0.5) is 20.2 Å². The van der Waals surface area contributed by atoms with E-state index >= 15 is 0 Å². The monoisotopic (exact) mass is 1650 g/mol. The Morgan fingerprint density at radius 3 is 1.86 bits per heavy atom. The average molecular weight is 1650 g/mol. The number of halogens is 7. The first-order valence-electron chi connectivity index (χ1n) is 29.9. The summed E-state index contributed by atoms with van der Waals surface area (Å²) in [5, 5.41) is 27.5. The molecule has 10 aromatic heterocycles. The van der Waals surface area contributed by atoms with Crippen LogP contribution in [0.25, 0.3) is 97.3 Å². The number of aromatic amines is 3. The molecule has 0 saturated carbocycles. The van der Waals surface area contributed by atoms with Gasteiger partial charge in [0.2, 0.25) is 11.4 Å². The standard InChI is InChI=1S/C10H8FN.C10H11NO2.C9H9BClNO2.C9H5BrFN.C9H7ClIN.C9H5IN2.C9H6N2.C9H9NO3/c1-7-2-3-8-6-9(11)4-5-10(8)12-7;1-7-5-8(6-12-2)9-3-4-13-10(9)11-7;1-12-5-8(10(13)14)7-3-2-6(11)4-9(7)12;10-9-4-1-6-5-7(11)2-3-8(6)12-9;1-12-5-8(11)7-3-2-6(10)4-9(7)12;1-11-6-2-3-9-7(4-6)8(10)5-12-9;1-10-8-2-3-9-7(6-8)4-5-11-9;1-12-5-6-4-8(11)10-9-7(6)2-3-13-9/h2-6H,1H3;3-5H,6H2,1-2H3;2-5,13-14H,1H3;1-5H;2-5H,1H3;2-5,12H;2-6,11H;2-4H,5H2,1H3,(H,10,11). The van der Waals surface area contributed by atoms with Gasteiger partial charge in [-0.3, -0.25) is 14.8 Å². The number of hydrogen-bond acceptors (Lipinski definition) is 10. The summed E-state index contributed by atoms with van der Waals surface area (Å²) in [6, 6.07) is 48.3. The highest BCUT2D eigenvalue weighted by Crippen LogP contribution is 2.28. The molecule has 0 aliphatic heterocycles. The lowest BCUT2D eigenvalue weighted by atomic mass is 9.80. The van der Waals surface area contributed by atoms with Gasteiger partial charge in [-0.1, -0.05) is 59.6 Å². The Labute approximate surface area is 612 Å². The van der Waals surface area contributed by atoms with Crippen molar-refractivity contribution in [2.75, 3.05) is 14.2 Å². The van der Waals surface area contributed by atoms with Crippen molar-refractivity contribution in [2.45, 2.75) is 27.1 Å². The highest BCUT2D eigenvalue weighted by Gasteiger charge is 2.18. The molecule has 0 radical (unpaired) electrons. The van der Waals surface area contributed by atoms with Crippen molar-refractivity contribution in [3.63, 3.8) is 0 Å². The quantitative estimate of drug-likeness (QED) is 0.0477. The van der Waals surface area contributed by atoms with Crippen molar-refractivity contribution in [1.82, 2.24) is 39.0 Å². The molecule has 0 spiro atoms. The van der Waals surface area contributed by atoms with Crippen LogP contribution in [0, 0.1) is 45.8 Å². The fraction of sp³-hybridized carbons (Fsp3) is 0.108. The number of rotatable bonds is 5. The van der Waals surface area contributed by atoms with Crippen LogP contribution in [-0.2, 0) is 36.8 Å². The van der Waals surface area contributed by atoms with Gasteiger partial charge >= 0.3 is 7.12 Å². The summed E-state index contributed by atoms with van der Waals surface area (Å²) >= 11 is 19.6. The summed E-state index contributed by atoms with van der Waals surface area (Å²) < 4.78 is 52.9. The first-order valence-corrected chi connectivity index (χ1v) is 33.6. The van der Waals surface area contributed by atoms with E-state index in [-0.39, 0.29) is 17.2 Å². The SMILES string of the molecule is COCc1cc(=O)[nH]c2occc12.COCc1cc(C)nc2occc12.Cc1ccc2cc(F)ccc2n1.Cn1cc(B(O)O)c2ccc(Cl)cc21.Cn1cc(I)c2ccc(Cl)cc21.Fc1ccc2nc(Br)ccc2c1.[C-]#[N+]c1ccc2[nH]cc(I)c2c1.[C-]#[N+]c1ccc2[nH]ccc2c1. The van der Waals surface area contributed by atoms with Crippen molar-refractivity contribution in [2.24, 2.45) is 14.1 Å². The first kappa shape index (κ1) is 74.0. The molecule has 0 atom stereocenters. The van der Waals surface area contributed by atoms with E-state index in [0.717, 1.165) is 101 Å². The van der Waals surface area contributed by atoms with Crippen LogP contribution in [0.15, 0.2) is 219 Å². The molecule has 6 aromatic carbocycles. The molecule has 10 heterocycles. The lowest BCUT2D eigenvalue weighted by Gasteiger charge is -2.01. The van der Waals surface area contributed by atoms with Crippen molar-refractivity contribution in [3.05, 3.63) is 290 Å². The van der Waals surface area contributed by atoms with Crippen LogP contribution in [0.1, 0.15) is 22.5 Å². The molecule has 0 aliphatic carbocycles. The molecule has 0 bridgehead atoms. The molecule has 16 rings (SSSR count). The van der Waals surface area contributed by atoms with E-state index < -0.39 is 7.12 Å². The molecule has 0 amide bonds. The molecule has 0 fully saturated rings. The smallest absolute Gasteiger partial charge is 0.448 e. The van der Waals surface area contributed by atoms with Crippen molar-refractivity contribution in [1.29, 1.82) is 0 Å². The van der Waals surface area contributed by atoms with Gasteiger partial charge in [0.05, 0.1) is 55.4 Å². The lowest BCUT2D eigenvalue weighted by Crippen LogP contribution is -2.29. The Kier molecular flexibility index (Phi) is 26.1. The van der Waals surface area contributed by atoms with Gasteiger partial charge in [-0.25, -0.2) is 28.4 Å². The third kappa shape index (κ3) is 19.8. The molecule has 0 unspecified atom stereocenters. The Balaban J connectivity index is 0.000000132. The number of aryl methyl sites for hydroxylation is 4. The topological polar surface area (TPSA) is 207 Å². The molecule has 25 heteroatoms. The number of methoxy groups -OCH3 is 2. The van der Waals surface area contributed by atoms with E-state index in [1.54, 1.807) is 75.4 Å². The molecular weight excluding hydrogens is 1590 g/mol. The van der Waals surface area contributed by atoms with E-state index in [1.807, 2.05) is 130 Å². The predicted molar refractivity (Wildman–Crippen MR) is 413 cm³/mol. The van der Waals surface area contributed by atoms with Crippen molar-refractivity contribution < 1.29 is 37.1 Å². The fourth-order valence-corrected chi connectivity index (χ4v) is 12.3. The molecule has 0 aliphatic rings. The number of ether oxygens (including phenoxy) is 2. The van der Waals surface area contributed by atoms with Gasteiger partial charge in [-0.2, -0.15) is 0 Å².